The Kier molecular flexibility index (Phi) is 2.92. The maximum Gasteiger partial charge on any atom is 0.196 e. The van der Waals surface area contributed by atoms with Crippen molar-refractivity contribution < 1.29 is 5.11 Å². The first-order valence-corrected chi connectivity index (χ1v) is 7.32. The third kappa shape index (κ3) is 2.13. The topological polar surface area (TPSA) is 50.9 Å². The van der Waals surface area contributed by atoms with Gasteiger partial charge in [-0.05, 0) is 45.9 Å². The van der Waals surface area contributed by atoms with Crippen LogP contribution in [0.2, 0.25) is 0 Å². The maximum atomic E-state index is 10.1. The number of fused-ring (bicyclic) bond motifs is 1. The van der Waals surface area contributed by atoms with Crippen molar-refractivity contribution in [3.8, 4) is 5.13 Å². The predicted octanol–water partition coefficient (Wildman–Crippen LogP) is 3.33. The van der Waals surface area contributed by atoms with E-state index in [0.29, 0.717) is 0 Å². The van der Waals surface area contributed by atoms with Crippen LogP contribution in [0.5, 0.6) is 0 Å². The van der Waals surface area contributed by atoms with Crippen molar-refractivity contribution in [2.45, 2.75) is 33.3 Å². The van der Waals surface area contributed by atoms with E-state index in [1.165, 1.54) is 0 Å². The molecular formula is C15H17N3OS. The Morgan fingerprint density at radius 3 is 2.45 bits per heavy atom. The van der Waals surface area contributed by atoms with Gasteiger partial charge in [0.15, 0.2) is 10.8 Å². The van der Waals surface area contributed by atoms with E-state index < -0.39 is 5.60 Å². The van der Waals surface area contributed by atoms with Crippen molar-refractivity contribution in [2.75, 3.05) is 0 Å². The normalized spacial score (nSPS) is 12.2. The zero-order valence-electron chi connectivity index (χ0n) is 12.0. The summed E-state index contributed by atoms with van der Waals surface area (Å²) in [5, 5.41) is 11.0. The fourth-order valence-corrected chi connectivity index (χ4v) is 3.29. The standard InChI is InChI=1S/C15H17N3OS/c1-9-5-6-10(2)18(9)14-17-13-12(20-14)7-11(8-16-13)15(3,4)19/h5-8,19H,1-4H3. The van der Waals surface area contributed by atoms with Crippen molar-refractivity contribution in [3.63, 3.8) is 0 Å². The summed E-state index contributed by atoms with van der Waals surface area (Å²) >= 11 is 1.59. The largest absolute Gasteiger partial charge is 0.386 e. The molecule has 0 fully saturated rings. The molecule has 0 aliphatic heterocycles. The third-order valence-electron chi connectivity index (χ3n) is 3.40. The van der Waals surface area contributed by atoms with Gasteiger partial charge in [0.1, 0.15) is 0 Å². The molecule has 3 aromatic rings. The van der Waals surface area contributed by atoms with Crippen LogP contribution in [-0.2, 0) is 5.60 Å². The van der Waals surface area contributed by atoms with Gasteiger partial charge in [-0.3, -0.25) is 4.57 Å². The fraction of sp³-hybridized carbons (Fsp3) is 0.333. The molecular weight excluding hydrogens is 270 g/mol. The summed E-state index contributed by atoms with van der Waals surface area (Å²) in [6, 6.07) is 6.13. The van der Waals surface area contributed by atoms with Crippen LogP contribution in [0, 0.1) is 13.8 Å². The molecule has 0 saturated heterocycles. The summed E-state index contributed by atoms with van der Waals surface area (Å²) in [6.45, 7) is 7.65. The fourth-order valence-electron chi connectivity index (χ4n) is 2.21. The van der Waals surface area contributed by atoms with E-state index in [4.69, 9.17) is 0 Å². The number of hydrogen-bond donors (Lipinski definition) is 1. The second-order valence-electron chi connectivity index (χ2n) is 5.55. The highest BCUT2D eigenvalue weighted by Gasteiger charge is 2.18. The Balaban J connectivity index is 2.17. The summed E-state index contributed by atoms with van der Waals surface area (Å²) in [4.78, 5) is 8.95. The molecule has 20 heavy (non-hydrogen) atoms. The molecule has 0 saturated carbocycles. The zero-order chi connectivity index (χ0) is 14.5. The highest BCUT2D eigenvalue weighted by atomic mass is 32.1. The average Bonchev–Trinajstić information content (AvgIpc) is 2.90. The molecule has 0 amide bonds. The van der Waals surface area contributed by atoms with Crippen LogP contribution in [0.4, 0.5) is 0 Å². The van der Waals surface area contributed by atoms with Crippen molar-refractivity contribution in [1.29, 1.82) is 0 Å². The van der Waals surface area contributed by atoms with Crippen molar-refractivity contribution in [1.82, 2.24) is 14.5 Å². The molecule has 0 bridgehead atoms. The van der Waals surface area contributed by atoms with Crippen molar-refractivity contribution >= 4 is 21.7 Å². The van der Waals surface area contributed by atoms with Gasteiger partial charge in [0.25, 0.3) is 0 Å². The molecule has 5 heteroatoms. The van der Waals surface area contributed by atoms with E-state index in [0.717, 1.165) is 32.4 Å². The lowest BCUT2D eigenvalue weighted by Crippen LogP contribution is -2.15. The lowest BCUT2D eigenvalue weighted by molar-refractivity contribution is 0.0784. The molecule has 4 nitrogen and oxygen atoms in total. The summed E-state index contributed by atoms with van der Waals surface area (Å²) in [7, 11) is 0. The molecule has 0 atom stereocenters. The molecule has 1 N–H and O–H groups in total. The van der Waals surface area contributed by atoms with E-state index in [-0.39, 0.29) is 0 Å². The molecule has 3 aromatic heterocycles. The molecule has 0 spiro atoms. The van der Waals surface area contributed by atoms with Crippen LogP contribution in [-0.4, -0.2) is 19.6 Å². The van der Waals surface area contributed by atoms with Gasteiger partial charge in [0, 0.05) is 23.1 Å². The Morgan fingerprint density at radius 2 is 1.85 bits per heavy atom. The Labute approximate surface area is 121 Å². The molecule has 0 aliphatic rings. The first-order valence-electron chi connectivity index (χ1n) is 6.51. The van der Waals surface area contributed by atoms with Crippen LogP contribution in [0.15, 0.2) is 24.4 Å². The van der Waals surface area contributed by atoms with Crippen LogP contribution in [0.1, 0.15) is 30.8 Å². The van der Waals surface area contributed by atoms with Gasteiger partial charge in [-0.25, -0.2) is 4.98 Å². The van der Waals surface area contributed by atoms with Gasteiger partial charge in [-0.2, -0.15) is 4.98 Å². The lowest BCUT2D eigenvalue weighted by Gasteiger charge is -2.16. The van der Waals surface area contributed by atoms with Crippen LogP contribution in [0.25, 0.3) is 15.5 Å². The highest BCUT2D eigenvalue weighted by molar-refractivity contribution is 7.20. The van der Waals surface area contributed by atoms with Gasteiger partial charge in [0.2, 0.25) is 0 Å². The molecule has 0 radical (unpaired) electrons. The second kappa shape index (κ2) is 4.40. The molecule has 0 aromatic carbocycles. The van der Waals surface area contributed by atoms with Gasteiger partial charge in [-0.1, -0.05) is 11.3 Å². The Bertz CT molecular complexity index is 761. The molecule has 3 heterocycles. The van der Waals surface area contributed by atoms with Crippen LogP contribution < -0.4 is 0 Å². The molecule has 0 aliphatic carbocycles. The number of thiazole rings is 1. The maximum absolute atomic E-state index is 10.1. The summed E-state index contributed by atoms with van der Waals surface area (Å²) in [5.41, 5.74) is 2.96. The van der Waals surface area contributed by atoms with Crippen molar-refractivity contribution in [2.24, 2.45) is 0 Å². The Morgan fingerprint density at radius 1 is 1.20 bits per heavy atom. The smallest absolute Gasteiger partial charge is 0.196 e. The minimum atomic E-state index is -0.884. The lowest BCUT2D eigenvalue weighted by atomic mass is 10.0. The SMILES string of the molecule is Cc1ccc(C)n1-c1nc2ncc(C(C)(C)O)cc2s1. The summed E-state index contributed by atoms with van der Waals surface area (Å²) < 4.78 is 3.11. The molecule has 3 rings (SSSR count). The van der Waals surface area contributed by atoms with Gasteiger partial charge >= 0.3 is 0 Å². The minimum Gasteiger partial charge on any atom is -0.386 e. The van der Waals surface area contributed by atoms with Gasteiger partial charge in [0.05, 0.1) is 10.3 Å². The number of aliphatic hydroxyl groups is 1. The van der Waals surface area contributed by atoms with Crippen LogP contribution in [0.3, 0.4) is 0 Å². The minimum absolute atomic E-state index is 0.727. The van der Waals surface area contributed by atoms with Gasteiger partial charge in [-0.15, -0.1) is 0 Å². The first-order chi connectivity index (χ1) is 9.36. The summed E-state index contributed by atoms with van der Waals surface area (Å²) in [6.07, 6.45) is 1.70. The molecule has 0 unspecified atom stereocenters. The van der Waals surface area contributed by atoms with E-state index in [9.17, 15) is 5.11 Å². The number of nitrogens with zero attached hydrogens (tertiary/aromatic N) is 3. The van der Waals surface area contributed by atoms with E-state index in [1.54, 1.807) is 31.4 Å². The predicted molar refractivity (Wildman–Crippen MR) is 81.5 cm³/mol. The summed E-state index contributed by atoms with van der Waals surface area (Å²) in [5.74, 6) is 0. The number of hydrogen-bond acceptors (Lipinski definition) is 4. The Hall–Kier alpha value is -1.72. The van der Waals surface area contributed by atoms with E-state index >= 15 is 0 Å². The van der Waals surface area contributed by atoms with Crippen molar-refractivity contribution in [3.05, 3.63) is 41.3 Å². The van der Waals surface area contributed by atoms with Gasteiger partial charge < -0.3 is 5.11 Å². The monoisotopic (exact) mass is 287 g/mol. The first kappa shape index (κ1) is 13.3. The second-order valence-corrected chi connectivity index (χ2v) is 6.56. The number of rotatable bonds is 2. The van der Waals surface area contributed by atoms with Crippen LogP contribution >= 0.6 is 11.3 Å². The third-order valence-corrected chi connectivity index (χ3v) is 4.38. The number of aromatic nitrogens is 3. The van der Waals surface area contributed by atoms with E-state index in [1.807, 2.05) is 6.07 Å². The number of pyridine rings is 1. The highest BCUT2D eigenvalue weighted by Crippen LogP contribution is 2.29. The van der Waals surface area contributed by atoms with E-state index in [2.05, 4.69) is 40.5 Å². The number of aryl methyl sites for hydroxylation is 2. The molecule has 104 valence electrons. The zero-order valence-corrected chi connectivity index (χ0v) is 12.8. The quantitative estimate of drug-likeness (QED) is 0.786. The average molecular weight is 287 g/mol.